The van der Waals surface area contributed by atoms with Crippen molar-refractivity contribution in [3.05, 3.63) is 26.2 Å². The molecule has 0 saturated carbocycles. The number of anilines is 2. The lowest BCUT2D eigenvalue weighted by molar-refractivity contribution is -0.384. The Morgan fingerprint density at radius 2 is 2.18 bits per heavy atom. The van der Waals surface area contributed by atoms with Crippen molar-refractivity contribution in [3.8, 4) is 0 Å². The average Bonchev–Trinajstić information content (AvgIpc) is 2.76. The van der Waals surface area contributed by atoms with Gasteiger partial charge in [-0.25, -0.2) is 0 Å². The monoisotopic (exact) mass is 301 g/mol. The van der Waals surface area contributed by atoms with E-state index in [9.17, 15) is 10.1 Å². The first kappa shape index (κ1) is 12.1. The second-order valence-corrected chi connectivity index (χ2v) is 4.73. The van der Waals surface area contributed by atoms with Crippen LogP contribution in [0.25, 0.3) is 0 Å². The molecule has 1 heterocycles. The lowest BCUT2D eigenvalue weighted by Gasteiger charge is -2.16. The highest BCUT2D eigenvalue weighted by atomic mass is 79.9. The van der Waals surface area contributed by atoms with Crippen LogP contribution in [-0.4, -0.2) is 11.5 Å². The third kappa shape index (κ3) is 2.07. The molecule has 17 heavy (non-hydrogen) atoms. The van der Waals surface area contributed by atoms with Crippen molar-refractivity contribution in [2.24, 2.45) is 0 Å². The van der Waals surface area contributed by atoms with E-state index >= 15 is 0 Å². The van der Waals surface area contributed by atoms with E-state index < -0.39 is 4.92 Å². The Labute approximate surface area is 106 Å². The van der Waals surface area contributed by atoms with E-state index in [0.717, 1.165) is 12.8 Å². The third-order valence-electron chi connectivity index (χ3n) is 2.83. The second kappa shape index (κ2) is 4.50. The Bertz CT molecular complexity index is 472. The number of nitro benzene ring substituents is 1. The summed E-state index contributed by atoms with van der Waals surface area (Å²) in [6.45, 7) is 0.629. The molecule has 1 atom stereocenters. The van der Waals surface area contributed by atoms with Crippen LogP contribution in [0.1, 0.15) is 24.5 Å². The largest absolute Gasteiger partial charge is 0.397 e. The predicted octanol–water partition coefficient (Wildman–Crippen LogP) is 2.37. The topological polar surface area (TPSA) is 104 Å². The van der Waals surface area contributed by atoms with Gasteiger partial charge >= 0.3 is 0 Å². The SMILES string of the molecule is Nc1c(Br)cc([N+](=O)[O-])c(N)c1C1CCCO1. The molecule has 1 aliphatic heterocycles. The van der Waals surface area contributed by atoms with Gasteiger partial charge in [0, 0.05) is 22.7 Å². The number of nitro groups is 1. The zero-order chi connectivity index (χ0) is 12.6. The van der Waals surface area contributed by atoms with E-state index in [-0.39, 0.29) is 17.5 Å². The molecule has 1 unspecified atom stereocenters. The molecule has 0 aliphatic carbocycles. The molecular formula is C10H12BrN3O3. The van der Waals surface area contributed by atoms with Crippen LogP contribution in [0.15, 0.2) is 10.5 Å². The Hall–Kier alpha value is -1.34. The smallest absolute Gasteiger partial charge is 0.293 e. The number of rotatable bonds is 2. The molecule has 0 radical (unpaired) electrons. The van der Waals surface area contributed by atoms with Crippen LogP contribution in [0.5, 0.6) is 0 Å². The van der Waals surface area contributed by atoms with Gasteiger partial charge in [0.05, 0.1) is 16.7 Å². The van der Waals surface area contributed by atoms with Crippen LogP contribution >= 0.6 is 15.9 Å². The molecule has 0 aromatic heterocycles. The van der Waals surface area contributed by atoms with E-state index in [4.69, 9.17) is 16.2 Å². The van der Waals surface area contributed by atoms with E-state index in [1.54, 1.807) is 0 Å². The van der Waals surface area contributed by atoms with Gasteiger partial charge in [0.15, 0.2) is 0 Å². The maximum absolute atomic E-state index is 10.9. The highest BCUT2D eigenvalue weighted by Gasteiger charge is 2.28. The summed E-state index contributed by atoms with van der Waals surface area (Å²) < 4.78 is 5.96. The van der Waals surface area contributed by atoms with E-state index in [1.807, 2.05) is 0 Å². The summed E-state index contributed by atoms with van der Waals surface area (Å²) in [5.74, 6) is 0. The molecule has 1 aliphatic rings. The predicted molar refractivity (Wildman–Crippen MR) is 67.5 cm³/mol. The fourth-order valence-electron chi connectivity index (χ4n) is 1.99. The Morgan fingerprint density at radius 3 is 2.71 bits per heavy atom. The van der Waals surface area contributed by atoms with Gasteiger partial charge in [-0.1, -0.05) is 0 Å². The number of nitrogens with zero attached hydrogens (tertiary/aromatic N) is 1. The minimum absolute atomic E-state index is 0.0996. The average molecular weight is 302 g/mol. The molecule has 1 aromatic rings. The maximum atomic E-state index is 10.9. The summed E-state index contributed by atoms with van der Waals surface area (Å²) in [6.07, 6.45) is 1.44. The van der Waals surface area contributed by atoms with Crippen LogP contribution in [-0.2, 0) is 4.74 Å². The highest BCUT2D eigenvalue weighted by Crippen LogP contribution is 2.43. The molecule has 2 rings (SSSR count). The molecule has 1 saturated heterocycles. The number of nitrogen functional groups attached to an aromatic ring is 2. The van der Waals surface area contributed by atoms with Gasteiger partial charge < -0.3 is 16.2 Å². The molecule has 4 N–H and O–H groups in total. The molecule has 0 spiro atoms. The molecule has 92 valence electrons. The first-order chi connectivity index (χ1) is 8.02. The number of ether oxygens (including phenoxy) is 1. The number of hydrogen-bond donors (Lipinski definition) is 2. The van der Waals surface area contributed by atoms with Gasteiger partial charge in [0.25, 0.3) is 5.69 Å². The number of hydrogen-bond acceptors (Lipinski definition) is 5. The van der Waals surface area contributed by atoms with E-state index in [2.05, 4.69) is 15.9 Å². The van der Waals surface area contributed by atoms with Crippen LogP contribution in [0.4, 0.5) is 17.1 Å². The van der Waals surface area contributed by atoms with Crippen molar-refractivity contribution in [2.75, 3.05) is 18.1 Å². The Kier molecular flexibility index (Phi) is 3.21. The van der Waals surface area contributed by atoms with Crippen LogP contribution in [0.2, 0.25) is 0 Å². The van der Waals surface area contributed by atoms with Crippen molar-refractivity contribution in [1.29, 1.82) is 0 Å². The Balaban J connectivity index is 2.59. The summed E-state index contributed by atoms with van der Waals surface area (Å²) in [7, 11) is 0. The second-order valence-electron chi connectivity index (χ2n) is 3.88. The van der Waals surface area contributed by atoms with Gasteiger partial charge in [-0.05, 0) is 28.8 Å². The lowest BCUT2D eigenvalue weighted by atomic mass is 10.0. The number of halogens is 1. The summed E-state index contributed by atoms with van der Waals surface area (Å²) in [5, 5.41) is 10.9. The lowest BCUT2D eigenvalue weighted by Crippen LogP contribution is -2.09. The zero-order valence-electron chi connectivity index (χ0n) is 8.98. The van der Waals surface area contributed by atoms with Gasteiger partial charge in [-0.15, -0.1) is 0 Å². The first-order valence-corrected chi connectivity index (χ1v) is 5.95. The van der Waals surface area contributed by atoms with E-state index in [0.29, 0.717) is 22.3 Å². The van der Waals surface area contributed by atoms with Crippen LogP contribution in [0, 0.1) is 10.1 Å². The quantitative estimate of drug-likeness (QED) is 0.496. The first-order valence-electron chi connectivity index (χ1n) is 5.15. The zero-order valence-corrected chi connectivity index (χ0v) is 10.6. The molecule has 0 bridgehead atoms. The van der Waals surface area contributed by atoms with Crippen molar-refractivity contribution < 1.29 is 9.66 Å². The fourth-order valence-corrected chi connectivity index (χ4v) is 2.42. The fraction of sp³-hybridized carbons (Fsp3) is 0.400. The van der Waals surface area contributed by atoms with Crippen molar-refractivity contribution in [3.63, 3.8) is 0 Å². The van der Waals surface area contributed by atoms with Gasteiger partial charge in [0.2, 0.25) is 0 Å². The van der Waals surface area contributed by atoms with Crippen molar-refractivity contribution >= 4 is 33.0 Å². The highest BCUT2D eigenvalue weighted by molar-refractivity contribution is 9.10. The molecule has 0 amide bonds. The minimum Gasteiger partial charge on any atom is -0.397 e. The van der Waals surface area contributed by atoms with E-state index in [1.165, 1.54) is 6.07 Å². The third-order valence-corrected chi connectivity index (χ3v) is 3.48. The van der Waals surface area contributed by atoms with Crippen molar-refractivity contribution in [2.45, 2.75) is 18.9 Å². The molecule has 7 heteroatoms. The molecule has 6 nitrogen and oxygen atoms in total. The summed E-state index contributed by atoms with van der Waals surface area (Å²) >= 11 is 3.21. The van der Waals surface area contributed by atoms with Crippen LogP contribution in [0.3, 0.4) is 0 Å². The molecular weight excluding hydrogens is 290 g/mol. The van der Waals surface area contributed by atoms with Gasteiger partial charge in [-0.2, -0.15) is 0 Å². The summed E-state index contributed by atoms with van der Waals surface area (Å²) in [5.41, 5.74) is 12.6. The van der Waals surface area contributed by atoms with Gasteiger partial charge in [-0.3, -0.25) is 10.1 Å². The maximum Gasteiger partial charge on any atom is 0.293 e. The normalized spacial score (nSPS) is 19.5. The number of benzene rings is 1. The van der Waals surface area contributed by atoms with Crippen molar-refractivity contribution in [1.82, 2.24) is 0 Å². The summed E-state index contributed by atoms with van der Waals surface area (Å²) in [6, 6.07) is 1.32. The number of nitrogens with two attached hydrogens (primary N) is 2. The summed E-state index contributed by atoms with van der Waals surface area (Å²) in [4.78, 5) is 10.4. The van der Waals surface area contributed by atoms with Gasteiger partial charge in [0.1, 0.15) is 5.69 Å². The Morgan fingerprint density at radius 1 is 1.47 bits per heavy atom. The standard InChI is InChI=1S/C10H12BrN3O3/c11-5-4-6(14(15)16)10(13)8(9(5)12)7-2-1-3-17-7/h4,7H,1-3,12-13H2. The van der Waals surface area contributed by atoms with Crippen LogP contribution < -0.4 is 11.5 Å². The minimum atomic E-state index is -0.516. The molecule has 1 aromatic carbocycles. The molecule has 1 fully saturated rings.